The van der Waals surface area contributed by atoms with E-state index in [1.54, 1.807) is 28.9 Å². The molecule has 0 aromatic heterocycles. The lowest BCUT2D eigenvalue weighted by atomic mass is 10.0. The second-order valence-corrected chi connectivity index (χ2v) is 7.65. The number of piperazine rings is 1. The molecule has 1 aliphatic heterocycles. The summed E-state index contributed by atoms with van der Waals surface area (Å²) in [5.74, 6) is 1.00. The summed E-state index contributed by atoms with van der Waals surface area (Å²) in [7, 11) is 0. The molecule has 0 spiro atoms. The highest BCUT2D eigenvalue weighted by Gasteiger charge is 2.28. The average molecular weight is 396 g/mol. The molecule has 6 heteroatoms. The number of carbonyl (C=O) groups is 2. The first kappa shape index (κ1) is 20.7. The maximum Gasteiger partial charge on any atom is 0.263 e. The molecule has 0 aliphatic carbocycles. The molecule has 6 nitrogen and oxygen atoms in total. The number of hydrogen-bond donors (Lipinski definition) is 1. The molecule has 1 saturated heterocycles. The van der Waals surface area contributed by atoms with Crippen molar-refractivity contribution in [1.29, 1.82) is 0 Å². The number of aromatic hydroxyl groups is 1. The first-order valence-corrected chi connectivity index (χ1v) is 9.99. The Hall–Kier alpha value is -3.02. The predicted molar refractivity (Wildman–Crippen MR) is 111 cm³/mol. The lowest BCUT2D eigenvalue weighted by molar-refractivity contribution is -0.139. The van der Waals surface area contributed by atoms with Gasteiger partial charge in [0.1, 0.15) is 11.5 Å². The van der Waals surface area contributed by atoms with Crippen LogP contribution in [-0.2, 0) is 4.79 Å². The maximum absolute atomic E-state index is 12.7. The van der Waals surface area contributed by atoms with Crippen molar-refractivity contribution in [2.24, 2.45) is 0 Å². The first-order chi connectivity index (χ1) is 13.8. The molecule has 3 rings (SSSR count). The van der Waals surface area contributed by atoms with E-state index in [0.717, 1.165) is 0 Å². The summed E-state index contributed by atoms with van der Waals surface area (Å²) in [6.45, 7) is 7.93. The third kappa shape index (κ3) is 5.08. The van der Waals surface area contributed by atoms with Gasteiger partial charge >= 0.3 is 0 Å². The minimum atomic E-state index is -0.634. The van der Waals surface area contributed by atoms with Crippen molar-refractivity contribution in [2.75, 3.05) is 26.2 Å². The van der Waals surface area contributed by atoms with Crippen molar-refractivity contribution in [3.05, 3.63) is 59.7 Å². The van der Waals surface area contributed by atoms with E-state index in [9.17, 15) is 14.7 Å². The van der Waals surface area contributed by atoms with Crippen LogP contribution in [-0.4, -0.2) is 59.0 Å². The molecule has 2 amide bonds. The van der Waals surface area contributed by atoms with Crippen molar-refractivity contribution in [2.45, 2.75) is 32.8 Å². The molecule has 1 atom stereocenters. The van der Waals surface area contributed by atoms with Crippen molar-refractivity contribution in [1.82, 2.24) is 9.80 Å². The van der Waals surface area contributed by atoms with Gasteiger partial charge in [0.2, 0.25) is 0 Å². The van der Waals surface area contributed by atoms with Gasteiger partial charge in [0.25, 0.3) is 11.8 Å². The number of amides is 2. The van der Waals surface area contributed by atoms with Gasteiger partial charge in [-0.1, -0.05) is 26.0 Å². The topological polar surface area (TPSA) is 70.1 Å². The van der Waals surface area contributed by atoms with Gasteiger partial charge in [-0.15, -0.1) is 0 Å². The van der Waals surface area contributed by atoms with Crippen molar-refractivity contribution in [3.63, 3.8) is 0 Å². The van der Waals surface area contributed by atoms with Crippen LogP contribution in [0, 0.1) is 0 Å². The fraction of sp³-hybridized carbons (Fsp3) is 0.391. The largest absolute Gasteiger partial charge is 0.508 e. The smallest absolute Gasteiger partial charge is 0.263 e. The Labute approximate surface area is 171 Å². The molecular weight excluding hydrogens is 368 g/mol. The fourth-order valence-electron chi connectivity index (χ4n) is 3.36. The Morgan fingerprint density at radius 2 is 1.41 bits per heavy atom. The molecule has 154 valence electrons. The molecule has 2 aromatic carbocycles. The monoisotopic (exact) mass is 396 g/mol. The van der Waals surface area contributed by atoms with E-state index in [2.05, 4.69) is 13.8 Å². The molecule has 2 aromatic rings. The molecule has 0 radical (unpaired) electrons. The molecule has 1 heterocycles. The number of carbonyl (C=O) groups excluding carboxylic acids is 2. The molecule has 1 aliphatic rings. The van der Waals surface area contributed by atoms with E-state index in [4.69, 9.17) is 4.74 Å². The van der Waals surface area contributed by atoms with Gasteiger partial charge < -0.3 is 19.6 Å². The highest BCUT2D eigenvalue weighted by atomic mass is 16.5. The van der Waals surface area contributed by atoms with E-state index in [1.807, 2.05) is 24.3 Å². The number of phenolic OH excluding ortho intramolecular Hbond substituents is 1. The van der Waals surface area contributed by atoms with Gasteiger partial charge in [0.05, 0.1) is 0 Å². The van der Waals surface area contributed by atoms with E-state index in [0.29, 0.717) is 43.4 Å². The van der Waals surface area contributed by atoms with Crippen molar-refractivity contribution >= 4 is 11.8 Å². The number of phenols is 1. The molecule has 1 unspecified atom stereocenters. The summed E-state index contributed by atoms with van der Waals surface area (Å²) < 4.78 is 5.68. The third-order valence-corrected chi connectivity index (χ3v) is 5.20. The number of hydrogen-bond acceptors (Lipinski definition) is 4. The molecular formula is C23H28N2O4. The number of ether oxygens (including phenoxy) is 1. The van der Waals surface area contributed by atoms with Crippen LogP contribution < -0.4 is 4.74 Å². The Balaban J connectivity index is 1.53. The summed E-state index contributed by atoms with van der Waals surface area (Å²) in [4.78, 5) is 28.9. The minimum Gasteiger partial charge on any atom is -0.508 e. The SMILES string of the molecule is CC(Oc1ccc(O)cc1)C(=O)N1CCN(C(=O)c2ccc(C(C)C)cc2)CC1. The highest BCUT2D eigenvalue weighted by molar-refractivity contribution is 5.94. The molecule has 1 fully saturated rings. The quantitative estimate of drug-likeness (QED) is 0.842. The third-order valence-electron chi connectivity index (χ3n) is 5.20. The number of nitrogens with zero attached hydrogens (tertiary/aromatic N) is 2. The van der Waals surface area contributed by atoms with Crippen LogP contribution >= 0.6 is 0 Å². The second-order valence-electron chi connectivity index (χ2n) is 7.65. The van der Waals surface area contributed by atoms with E-state index in [-0.39, 0.29) is 17.6 Å². The maximum atomic E-state index is 12.7. The summed E-state index contributed by atoms with van der Waals surface area (Å²) in [6, 6.07) is 14.0. The average Bonchev–Trinajstić information content (AvgIpc) is 2.74. The van der Waals surface area contributed by atoms with Crippen LogP contribution in [0.4, 0.5) is 0 Å². The summed E-state index contributed by atoms with van der Waals surface area (Å²) >= 11 is 0. The Bertz CT molecular complexity index is 838. The zero-order valence-electron chi connectivity index (χ0n) is 17.2. The molecule has 0 bridgehead atoms. The van der Waals surface area contributed by atoms with Crippen LogP contribution in [0.15, 0.2) is 48.5 Å². The van der Waals surface area contributed by atoms with Crippen LogP contribution in [0.2, 0.25) is 0 Å². The first-order valence-electron chi connectivity index (χ1n) is 9.99. The second kappa shape index (κ2) is 8.99. The minimum absolute atomic E-state index is 0.000738. The van der Waals surface area contributed by atoms with Gasteiger partial charge in [0, 0.05) is 31.7 Å². The van der Waals surface area contributed by atoms with Crippen LogP contribution in [0.3, 0.4) is 0 Å². The zero-order chi connectivity index (χ0) is 21.0. The highest BCUT2D eigenvalue weighted by Crippen LogP contribution is 2.19. The zero-order valence-corrected chi connectivity index (χ0v) is 17.2. The summed E-state index contributed by atoms with van der Waals surface area (Å²) in [5.41, 5.74) is 1.89. The summed E-state index contributed by atoms with van der Waals surface area (Å²) in [6.07, 6.45) is -0.634. The Kier molecular flexibility index (Phi) is 6.42. The van der Waals surface area contributed by atoms with Crippen LogP contribution in [0.1, 0.15) is 42.6 Å². The van der Waals surface area contributed by atoms with Crippen molar-refractivity contribution in [3.8, 4) is 11.5 Å². The van der Waals surface area contributed by atoms with E-state index in [1.165, 1.54) is 17.7 Å². The molecule has 0 saturated carbocycles. The molecule has 29 heavy (non-hydrogen) atoms. The fourth-order valence-corrected chi connectivity index (χ4v) is 3.36. The Morgan fingerprint density at radius 3 is 1.97 bits per heavy atom. The molecule has 1 N–H and O–H groups in total. The van der Waals surface area contributed by atoms with Crippen LogP contribution in [0.5, 0.6) is 11.5 Å². The number of rotatable bonds is 5. The number of benzene rings is 2. The standard InChI is InChI=1S/C23H28N2O4/c1-16(2)18-4-6-19(7-5-18)23(28)25-14-12-24(13-15-25)22(27)17(3)29-21-10-8-20(26)9-11-21/h4-11,16-17,26H,12-15H2,1-3H3. The van der Waals surface area contributed by atoms with Crippen LogP contribution in [0.25, 0.3) is 0 Å². The van der Waals surface area contributed by atoms with Gasteiger partial charge in [-0.3, -0.25) is 9.59 Å². The van der Waals surface area contributed by atoms with Gasteiger partial charge in [-0.05, 0) is 54.8 Å². The van der Waals surface area contributed by atoms with Crippen molar-refractivity contribution < 1.29 is 19.4 Å². The predicted octanol–water partition coefficient (Wildman–Crippen LogP) is 3.27. The van der Waals surface area contributed by atoms with Gasteiger partial charge in [-0.25, -0.2) is 0 Å². The summed E-state index contributed by atoms with van der Waals surface area (Å²) in [5, 5.41) is 9.33. The van der Waals surface area contributed by atoms with E-state index >= 15 is 0 Å². The Morgan fingerprint density at radius 1 is 0.862 bits per heavy atom. The normalized spacial score (nSPS) is 15.3. The van der Waals surface area contributed by atoms with Gasteiger partial charge in [0.15, 0.2) is 6.10 Å². The lowest BCUT2D eigenvalue weighted by Gasteiger charge is -2.36. The van der Waals surface area contributed by atoms with E-state index < -0.39 is 6.10 Å². The lowest BCUT2D eigenvalue weighted by Crippen LogP contribution is -2.53. The van der Waals surface area contributed by atoms with Gasteiger partial charge in [-0.2, -0.15) is 0 Å².